The summed E-state index contributed by atoms with van der Waals surface area (Å²) >= 11 is 0. The van der Waals surface area contributed by atoms with Gasteiger partial charge in [-0.05, 0) is 63.6 Å². The van der Waals surface area contributed by atoms with E-state index < -0.39 is 11.5 Å². The summed E-state index contributed by atoms with van der Waals surface area (Å²) < 4.78 is 5.27. The minimum absolute atomic E-state index is 0.0919. The van der Waals surface area contributed by atoms with Crippen LogP contribution in [0.1, 0.15) is 57.2 Å². The topological polar surface area (TPSA) is 83.5 Å². The highest BCUT2D eigenvalue weighted by Crippen LogP contribution is 2.21. The van der Waals surface area contributed by atoms with Crippen LogP contribution < -0.4 is 10.6 Å². The molecule has 0 saturated carbocycles. The van der Waals surface area contributed by atoms with Gasteiger partial charge < -0.3 is 20.5 Å². The van der Waals surface area contributed by atoms with E-state index in [1.54, 1.807) is 7.11 Å². The third kappa shape index (κ3) is 5.42. The van der Waals surface area contributed by atoms with Crippen LogP contribution in [0.25, 0.3) is 0 Å². The molecule has 6 nitrogen and oxygen atoms in total. The SMILES string of the molecule is CCC(CC(C)OC)(NCCCCc1ccc2c(n1)NCCC2)C(=O)O. The lowest BCUT2D eigenvalue weighted by molar-refractivity contribution is -0.146. The molecule has 146 valence electrons. The molecule has 2 rings (SSSR count). The Bertz CT molecular complexity index is 594. The number of anilines is 1. The molecule has 0 radical (unpaired) electrons. The van der Waals surface area contributed by atoms with Crippen molar-refractivity contribution in [3.05, 3.63) is 23.4 Å². The van der Waals surface area contributed by atoms with Crippen molar-refractivity contribution in [3.8, 4) is 0 Å². The minimum Gasteiger partial charge on any atom is -0.480 e. The van der Waals surface area contributed by atoms with Crippen LogP contribution in [-0.2, 0) is 22.4 Å². The molecular weight excluding hydrogens is 330 g/mol. The molecule has 2 unspecified atom stereocenters. The minimum atomic E-state index is -0.913. The summed E-state index contributed by atoms with van der Waals surface area (Å²) in [6.45, 7) is 5.50. The van der Waals surface area contributed by atoms with Gasteiger partial charge in [-0.25, -0.2) is 4.98 Å². The number of methoxy groups -OCH3 is 1. The van der Waals surface area contributed by atoms with Crippen LogP contribution in [0.3, 0.4) is 0 Å². The number of nitrogens with one attached hydrogen (secondary N) is 2. The van der Waals surface area contributed by atoms with E-state index in [0.717, 1.165) is 43.7 Å². The number of carbonyl (C=O) groups is 1. The molecule has 1 aromatic heterocycles. The van der Waals surface area contributed by atoms with Crippen LogP contribution in [0.5, 0.6) is 0 Å². The van der Waals surface area contributed by atoms with Crippen molar-refractivity contribution in [3.63, 3.8) is 0 Å². The lowest BCUT2D eigenvalue weighted by atomic mass is 9.89. The number of ether oxygens (including phenoxy) is 1. The maximum absolute atomic E-state index is 11.8. The average molecular weight is 364 g/mol. The summed E-state index contributed by atoms with van der Waals surface area (Å²) in [6, 6.07) is 4.30. The van der Waals surface area contributed by atoms with E-state index in [4.69, 9.17) is 9.72 Å². The summed E-state index contributed by atoms with van der Waals surface area (Å²) in [4.78, 5) is 16.5. The standard InChI is InChI=1S/C20H33N3O3/c1-4-20(19(24)25,14-15(2)26-3)22-13-6-5-9-17-11-10-16-8-7-12-21-18(16)23-17/h10-11,15,22H,4-9,12-14H2,1-3H3,(H,21,23)(H,24,25). The molecule has 0 fully saturated rings. The van der Waals surface area contributed by atoms with Gasteiger partial charge in [0.15, 0.2) is 0 Å². The molecule has 0 amide bonds. The van der Waals surface area contributed by atoms with Crippen molar-refractivity contribution in [2.45, 2.75) is 70.4 Å². The lowest BCUT2D eigenvalue weighted by Gasteiger charge is -2.31. The van der Waals surface area contributed by atoms with Crippen molar-refractivity contribution in [1.82, 2.24) is 10.3 Å². The normalized spacial score (nSPS) is 17.0. The molecule has 6 heteroatoms. The Kier molecular flexibility index (Phi) is 7.85. The van der Waals surface area contributed by atoms with Gasteiger partial charge in [0.1, 0.15) is 11.4 Å². The van der Waals surface area contributed by atoms with Gasteiger partial charge in [-0.15, -0.1) is 0 Å². The highest BCUT2D eigenvalue weighted by molar-refractivity contribution is 5.78. The van der Waals surface area contributed by atoms with Crippen LogP contribution in [0.2, 0.25) is 0 Å². The summed E-state index contributed by atoms with van der Waals surface area (Å²) in [5, 5.41) is 16.3. The fourth-order valence-corrected chi connectivity index (χ4v) is 3.50. The Morgan fingerprint density at radius 3 is 2.96 bits per heavy atom. The molecule has 1 aliphatic rings. The first-order valence-electron chi connectivity index (χ1n) is 9.74. The third-order valence-corrected chi connectivity index (χ3v) is 5.33. The number of carboxylic acid groups (broad SMARTS) is 1. The number of aryl methyl sites for hydroxylation is 2. The lowest BCUT2D eigenvalue weighted by Crippen LogP contribution is -2.53. The maximum Gasteiger partial charge on any atom is 0.323 e. The Morgan fingerprint density at radius 2 is 2.27 bits per heavy atom. The van der Waals surface area contributed by atoms with E-state index in [0.29, 0.717) is 19.4 Å². The molecule has 0 aliphatic carbocycles. The van der Waals surface area contributed by atoms with Gasteiger partial charge >= 0.3 is 5.97 Å². The number of fused-ring (bicyclic) bond motifs is 1. The predicted molar refractivity (Wildman–Crippen MR) is 104 cm³/mol. The quantitative estimate of drug-likeness (QED) is 0.524. The summed E-state index contributed by atoms with van der Waals surface area (Å²) in [5.41, 5.74) is 1.50. The fraction of sp³-hybridized carbons (Fsp3) is 0.700. The van der Waals surface area contributed by atoms with Crippen LogP contribution >= 0.6 is 0 Å². The smallest absolute Gasteiger partial charge is 0.323 e. The summed E-state index contributed by atoms with van der Waals surface area (Å²) in [5.74, 6) is 0.239. The van der Waals surface area contributed by atoms with E-state index >= 15 is 0 Å². The first kappa shape index (κ1) is 20.6. The Balaban J connectivity index is 1.80. The molecule has 2 atom stereocenters. The number of hydrogen-bond donors (Lipinski definition) is 3. The summed E-state index contributed by atoms with van der Waals surface area (Å²) in [7, 11) is 1.62. The molecule has 1 aliphatic heterocycles. The van der Waals surface area contributed by atoms with E-state index in [1.165, 1.54) is 12.0 Å². The molecule has 0 saturated heterocycles. The zero-order chi connectivity index (χ0) is 19.0. The molecule has 0 spiro atoms. The highest BCUT2D eigenvalue weighted by Gasteiger charge is 2.37. The van der Waals surface area contributed by atoms with Crippen LogP contribution in [-0.4, -0.2) is 47.9 Å². The first-order chi connectivity index (χ1) is 12.5. The number of rotatable bonds is 11. The van der Waals surface area contributed by atoms with Gasteiger partial charge in [0, 0.05) is 25.8 Å². The largest absolute Gasteiger partial charge is 0.480 e. The van der Waals surface area contributed by atoms with Crippen molar-refractivity contribution in [2.75, 3.05) is 25.5 Å². The predicted octanol–water partition coefficient (Wildman–Crippen LogP) is 3.01. The second-order valence-electron chi connectivity index (χ2n) is 7.22. The van der Waals surface area contributed by atoms with Crippen molar-refractivity contribution in [2.24, 2.45) is 0 Å². The highest BCUT2D eigenvalue weighted by atomic mass is 16.5. The average Bonchev–Trinajstić information content (AvgIpc) is 2.66. The van der Waals surface area contributed by atoms with Gasteiger partial charge in [-0.3, -0.25) is 4.79 Å². The molecule has 0 aromatic carbocycles. The zero-order valence-corrected chi connectivity index (χ0v) is 16.3. The molecule has 3 N–H and O–H groups in total. The second-order valence-corrected chi connectivity index (χ2v) is 7.22. The van der Waals surface area contributed by atoms with Gasteiger partial charge in [0.2, 0.25) is 0 Å². The number of aromatic nitrogens is 1. The van der Waals surface area contributed by atoms with E-state index in [-0.39, 0.29) is 6.10 Å². The molecule has 0 bridgehead atoms. The molecule has 1 aromatic rings. The number of nitrogens with zero attached hydrogens (tertiary/aromatic N) is 1. The van der Waals surface area contributed by atoms with Crippen LogP contribution in [0.15, 0.2) is 12.1 Å². The Morgan fingerprint density at radius 1 is 1.46 bits per heavy atom. The number of pyridine rings is 1. The third-order valence-electron chi connectivity index (χ3n) is 5.33. The van der Waals surface area contributed by atoms with E-state index in [1.807, 2.05) is 13.8 Å². The van der Waals surface area contributed by atoms with Crippen LogP contribution in [0.4, 0.5) is 5.82 Å². The van der Waals surface area contributed by atoms with Gasteiger partial charge in [-0.2, -0.15) is 0 Å². The molecule has 26 heavy (non-hydrogen) atoms. The van der Waals surface area contributed by atoms with Crippen LogP contribution in [0, 0.1) is 0 Å². The van der Waals surface area contributed by atoms with Gasteiger partial charge in [0.05, 0.1) is 6.10 Å². The fourth-order valence-electron chi connectivity index (χ4n) is 3.50. The second kappa shape index (κ2) is 9.88. The zero-order valence-electron chi connectivity index (χ0n) is 16.3. The maximum atomic E-state index is 11.8. The van der Waals surface area contributed by atoms with Crippen molar-refractivity contribution in [1.29, 1.82) is 0 Å². The van der Waals surface area contributed by atoms with E-state index in [9.17, 15) is 9.90 Å². The first-order valence-corrected chi connectivity index (χ1v) is 9.74. The Hall–Kier alpha value is -1.66. The van der Waals surface area contributed by atoms with Crippen molar-refractivity contribution < 1.29 is 14.6 Å². The number of aliphatic carboxylic acids is 1. The Labute approximate surface area is 156 Å². The monoisotopic (exact) mass is 363 g/mol. The number of carboxylic acids is 1. The molecular formula is C20H33N3O3. The van der Waals surface area contributed by atoms with Gasteiger partial charge in [0.25, 0.3) is 0 Å². The van der Waals surface area contributed by atoms with Crippen molar-refractivity contribution >= 4 is 11.8 Å². The van der Waals surface area contributed by atoms with Gasteiger partial charge in [-0.1, -0.05) is 13.0 Å². The summed E-state index contributed by atoms with van der Waals surface area (Å²) in [6.07, 6.45) is 6.00. The van der Waals surface area contributed by atoms with E-state index in [2.05, 4.69) is 22.8 Å². The number of unbranched alkanes of at least 4 members (excludes halogenated alkanes) is 1. The number of hydrogen-bond acceptors (Lipinski definition) is 5. The molecule has 2 heterocycles.